The molecule has 0 amide bonds. The summed E-state index contributed by atoms with van der Waals surface area (Å²) in [4.78, 5) is 27.0. The van der Waals surface area contributed by atoms with Crippen LogP contribution >= 0.6 is 0 Å². The van der Waals surface area contributed by atoms with Gasteiger partial charge < -0.3 is 14.7 Å². The van der Waals surface area contributed by atoms with Gasteiger partial charge in [0, 0.05) is 32.5 Å². The maximum Gasteiger partial charge on any atom is 0.337 e. The van der Waals surface area contributed by atoms with Gasteiger partial charge in [-0.05, 0) is 18.8 Å². The molecule has 0 aliphatic carbocycles. The Hall–Kier alpha value is -2.22. The van der Waals surface area contributed by atoms with Crippen molar-refractivity contribution in [1.82, 2.24) is 4.98 Å². The van der Waals surface area contributed by atoms with Crippen molar-refractivity contribution in [3.8, 4) is 0 Å². The molecule has 21 heavy (non-hydrogen) atoms. The first kappa shape index (κ1) is 15.2. The Kier molecular flexibility index (Phi) is 4.69. The van der Waals surface area contributed by atoms with Crippen LogP contribution in [0.1, 0.15) is 23.2 Å². The van der Waals surface area contributed by atoms with Gasteiger partial charge in [0.1, 0.15) is 0 Å². The highest BCUT2D eigenvalue weighted by atomic mass is 16.6. The highest BCUT2D eigenvalue weighted by molar-refractivity contribution is 5.88. The predicted octanol–water partition coefficient (Wildman–Crippen LogP) is 1.55. The van der Waals surface area contributed by atoms with Crippen molar-refractivity contribution in [3.05, 3.63) is 27.9 Å². The molecule has 0 aromatic carbocycles. The molecule has 1 fully saturated rings. The second-order valence-electron chi connectivity index (χ2n) is 5.09. The molecule has 8 nitrogen and oxygen atoms in total. The first-order valence-corrected chi connectivity index (χ1v) is 6.65. The van der Waals surface area contributed by atoms with Crippen molar-refractivity contribution in [2.75, 3.05) is 31.7 Å². The summed E-state index contributed by atoms with van der Waals surface area (Å²) in [6.45, 7) is 1.97. The van der Waals surface area contributed by atoms with Gasteiger partial charge in [-0.1, -0.05) is 0 Å². The van der Waals surface area contributed by atoms with Crippen LogP contribution in [0.3, 0.4) is 0 Å². The fourth-order valence-corrected chi connectivity index (χ4v) is 2.42. The van der Waals surface area contributed by atoms with E-state index in [4.69, 9.17) is 9.84 Å². The van der Waals surface area contributed by atoms with Crippen molar-refractivity contribution in [3.63, 3.8) is 0 Å². The highest BCUT2D eigenvalue weighted by Gasteiger charge is 2.24. The average molecular weight is 295 g/mol. The lowest BCUT2D eigenvalue weighted by molar-refractivity contribution is -0.384. The molecule has 8 heteroatoms. The first-order chi connectivity index (χ1) is 9.99. The summed E-state index contributed by atoms with van der Waals surface area (Å²) in [7, 11) is 1.71. The van der Waals surface area contributed by atoms with Crippen molar-refractivity contribution in [1.29, 1.82) is 0 Å². The second kappa shape index (κ2) is 6.49. The van der Waals surface area contributed by atoms with Crippen LogP contribution in [0, 0.1) is 16.0 Å². The first-order valence-electron chi connectivity index (χ1n) is 6.65. The normalized spacial score (nSPS) is 18.2. The fourth-order valence-electron chi connectivity index (χ4n) is 2.42. The van der Waals surface area contributed by atoms with Gasteiger partial charge >= 0.3 is 11.7 Å². The van der Waals surface area contributed by atoms with Crippen LogP contribution in [0.25, 0.3) is 0 Å². The number of carboxylic acid groups (broad SMARTS) is 1. The Morgan fingerprint density at radius 2 is 2.43 bits per heavy atom. The zero-order valence-corrected chi connectivity index (χ0v) is 11.7. The fraction of sp³-hybridized carbons (Fsp3) is 0.538. The van der Waals surface area contributed by atoms with Crippen LogP contribution in [0.4, 0.5) is 11.5 Å². The van der Waals surface area contributed by atoms with Gasteiger partial charge in [-0.25, -0.2) is 9.78 Å². The van der Waals surface area contributed by atoms with Crippen molar-refractivity contribution in [2.24, 2.45) is 5.92 Å². The van der Waals surface area contributed by atoms with Gasteiger partial charge in [-0.3, -0.25) is 10.1 Å². The minimum Gasteiger partial charge on any atom is -0.478 e. The molecular formula is C13H17N3O5. The van der Waals surface area contributed by atoms with Gasteiger partial charge in [0.15, 0.2) is 0 Å². The van der Waals surface area contributed by atoms with Crippen LogP contribution in [0.2, 0.25) is 0 Å². The summed E-state index contributed by atoms with van der Waals surface area (Å²) in [6, 6.07) is 1.04. The van der Waals surface area contributed by atoms with Crippen molar-refractivity contribution >= 4 is 17.5 Å². The largest absolute Gasteiger partial charge is 0.478 e. The molecule has 0 saturated carbocycles. The van der Waals surface area contributed by atoms with Gasteiger partial charge in [-0.2, -0.15) is 0 Å². The van der Waals surface area contributed by atoms with E-state index < -0.39 is 10.9 Å². The van der Waals surface area contributed by atoms with E-state index in [0.717, 1.165) is 31.7 Å². The zero-order chi connectivity index (χ0) is 15.4. The Balaban J connectivity index is 2.20. The van der Waals surface area contributed by atoms with Crippen molar-refractivity contribution in [2.45, 2.75) is 12.8 Å². The smallest absolute Gasteiger partial charge is 0.337 e. The monoisotopic (exact) mass is 295 g/mol. The van der Waals surface area contributed by atoms with E-state index in [0.29, 0.717) is 19.1 Å². The lowest BCUT2D eigenvalue weighted by atomic mass is 10.0. The standard InChI is InChI=1S/C13H17N3O5/c1-15(7-9-3-2-4-21-8-9)12-11(16(19)20)5-10(6-14-12)13(17)18/h5-6,9H,2-4,7-8H2,1H3,(H,17,18). The molecule has 0 radical (unpaired) electrons. The molecule has 1 saturated heterocycles. The van der Waals surface area contributed by atoms with E-state index in [-0.39, 0.29) is 17.1 Å². The summed E-state index contributed by atoms with van der Waals surface area (Å²) in [5, 5.41) is 20.0. The Morgan fingerprint density at radius 1 is 1.67 bits per heavy atom. The maximum atomic E-state index is 11.1. The minimum atomic E-state index is -1.24. The summed E-state index contributed by atoms with van der Waals surface area (Å²) < 4.78 is 5.39. The number of nitrogens with zero attached hydrogens (tertiary/aromatic N) is 3. The van der Waals surface area contributed by atoms with Crippen LogP contribution in [0.5, 0.6) is 0 Å². The van der Waals surface area contributed by atoms with Gasteiger partial charge in [0.25, 0.3) is 0 Å². The maximum absolute atomic E-state index is 11.1. The number of pyridine rings is 1. The number of hydrogen-bond donors (Lipinski definition) is 1. The number of aromatic carboxylic acids is 1. The number of carboxylic acids is 1. The van der Waals surface area contributed by atoms with E-state index >= 15 is 0 Å². The molecule has 1 aromatic heterocycles. The summed E-state index contributed by atoms with van der Waals surface area (Å²) >= 11 is 0. The van der Waals surface area contributed by atoms with E-state index in [1.807, 2.05) is 0 Å². The number of rotatable bonds is 5. The van der Waals surface area contributed by atoms with Crippen LogP contribution in [0.15, 0.2) is 12.3 Å². The quantitative estimate of drug-likeness (QED) is 0.648. The van der Waals surface area contributed by atoms with E-state index in [2.05, 4.69) is 4.98 Å². The van der Waals surface area contributed by atoms with Crippen LogP contribution in [-0.2, 0) is 4.74 Å². The van der Waals surface area contributed by atoms with Crippen LogP contribution < -0.4 is 4.90 Å². The molecule has 0 bridgehead atoms. The molecule has 1 aliphatic heterocycles. The SMILES string of the molecule is CN(CC1CCCOC1)c1ncc(C(=O)O)cc1[N+](=O)[O-]. The number of ether oxygens (including phenoxy) is 1. The number of anilines is 1. The zero-order valence-electron chi connectivity index (χ0n) is 11.7. The minimum absolute atomic E-state index is 0.176. The topological polar surface area (TPSA) is 106 Å². The van der Waals surface area contributed by atoms with Crippen LogP contribution in [-0.4, -0.2) is 47.8 Å². The summed E-state index contributed by atoms with van der Waals surface area (Å²) in [6.07, 6.45) is 3.12. The van der Waals surface area contributed by atoms with Gasteiger partial charge in [-0.15, -0.1) is 0 Å². The van der Waals surface area contributed by atoms with Gasteiger partial charge in [0.05, 0.1) is 17.1 Å². The molecule has 0 spiro atoms. The lowest BCUT2D eigenvalue weighted by Gasteiger charge is -2.27. The average Bonchev–Trinajstić information content (AvgIpc) is 2.47. The molecule has 1 N–H and O–H groups in total. The van der Waals surface area contributed by atoms with E-state index in [9.17, 15) is 14.9 Å². The number of nitro groups is 1. The van der Waals surface area contributed by atoms with E-state index in [1.54, 1.807) is 11.9 Å². The third-order valence-corrected chi connectivity index (χ3v) is 3.44. The number of aromatic nitrogens is 1. The molecule has 2 rings (SSSR count). The lowest BCUT2D eigenvalue weighted by Crippen LogP contribution is -2.31. The molecule has 1 unspecified atom stereocenters. The van der Waals surface area contributed by atoms with Crippen molar-refractivity contribution < 1.29 is 19.6 Å². The molecular weight excluding hydrogens is 278 g/mol. The van der Waals surface area contributed by atoms with E-state index in [1.165, 1.54) is 0 Å². The molecule has 2 heterocycles. The third-order valence-electron chi connectivity index (χ3n) is 3.44. The number of carbonyl (C=O) groups is 1. The molecule has 1 atom stereocenters. The summed E-state index contributed by atoms with van der Waals surface area (Å²) in [5.41, 5.74) is -0.492. The Bertz CT molecular complexity index is 543. The molecule has 1 aliphatic rings. The Labute approximate surface area is 121 Å². The van der Waals surface area contributed by atoms with Gasteiger partial charge in [0.2, 0.25) is 5.82 Å². The summed E-state index contributed by atoms with van der Waals surface area (Å²) in [5.74, 6) is -0.764. The third kappa shape index (κ3) is 3.66. The second-order valence-corrected chi connectivity index (χ2v) is 5.09. The predicted molar refractivity (Wildman–Crippen MR) is 74.7 cm³/mol. The highest BCUT2D eigenvalue weighted by Crippen LogP contribution is 2.27. The molecule has 114 valence electrons. The molecule has 1 aromatic rings. The Morgan fingerprint density at radius 3 is 3.00 bits per heavy atom. The number of hydrogen-bond acceptors (Lipinski definition) is 6.